The summed E-state index contributed by atoms with van der Waals surface area (Å²) in [4.78, 5) is 17.1. The van der Waals surface area contributed by atoms with Crippen LogP contribution in [-0.4, -0.2) is 53.7 Å². The molecule has 2 aromatic carbocycles. The van der Waals surface area contributed by atoms with Gasteiger partial charge in [-0.2, -0.15) is 0 Å². The minimum absolute atomic E-state index is 0.155. The van der Waals surface area contributed by atoms with Crippen molar-refractivity contribution < 1.29 is 14.3 Å². The molecule has 0 N–H and O–H groups in total. The molecule has 0 radical (unpaired) electrons. The highest BCUT2D eigenvalue weighted by Gasteiger charge is 2.41. The summed E-state index contributed by atoms with van der Waals surface area (Å²) < 4.78 is 11.5. The normalized spacial score (nSPS) is 21.3. The molecule has 0 spiro atoms. The van der Waals surface area contributed by atoms with Crippen molar-refractivity contribution in [1.82, 2.24) is 9.80 Å². The molecule has 5 heteroatoms. The molecular weight excluding hydrogens is 400 g/mol. The van der Waals surface area contributed by atoms with E-state index in [1.54, 1.807) is 0 Å². The van der Waals surface area contributed by atoms with Crippen molar-refractivity contribution in [3.05, 3.63) is 65.7 Å². The number of ether oxygens (including phenoxy) is 2. The van der Waals surface area contributed by atoms with Crippen molar-refractivity contribution in [3.63, 3.8) is 0 Å². The molecule has 2 aliphatic rings. The predicted molar refractivity (Wildman–Crippen MR) is 127 cm³/mol. The van der Waals surface area contributed by atoms with Gasteiger partial charge in [0.15, 0.2) is 0 Å². The molecule has 2 fully saturated rings. The lowest BCUT2D eigenvalue weighted by molar-refractivity contribution is 0.0126. The fraction of sp³-hybridized carbons (Fsp3) is 0.519. The van der Waals surface area contributed by atoms with Gasteiger partial charge in [0.05, 0.1) is 6.04 Å². The van der Waals surface area contributed by atoms with E-state index in [0.29, 0.717) is 12.5 Å². The molecule has 2 heterocycles. The molecule has 0 bridgehead atoms. The number of likely N-dealkylation sites (tertiary alicyclic amines) is 2. The standard InChI is InChI=1S/C27H36N2O3/c1-27(2,3)32-26(30)29-18-15-23-14-17-28(19-25(23)29)16-13-21-9-11-24(12-10-21)31-20-22-7-5-4-6-8-22/h4-12,23,25H,13-20H2,1-3H3. The monoisotopic (exact) mass is 436 g/mol. The third-order valence-corrected chi connectivity index (χ3v) is 6.46. The smallest absolute Gasteiger partial charge is 0.410 e. The van der Waals surface area contributed by atoms with Crippen LogP contribution in [0.1, 0.15) is 44.7 Å². The number of piperidine rings is 1. The van der Waals surface area contributed by atoms with Gasteiger partial charge in [-0.1, -0.05) is 42.5 Å². The maximum absolute atomic E-state index is 12.7. The first-order valence-corrected chi connectivity index (χ1v) is 11.8. The van der Waals surface area contributed by atoms with Crippen molar-refractivity contribution in [2.45, 2.75) is 58.3 Å². The largest absolute Gasteiger partial charge is 0.489 e. The molecule has 32 heavy (non-hydrogen) atoms. The van der Waals surface area contributed by atoms with Crippen LogP contribution < -0.4 is 4.74 Å². The Morgan fingerprint density at radius 2 is 1.69 bits per heavy atom. The second-order valence-electron chi connectivity index (χ2n) is 10.0. The number of carbonyl (C=O) groups is 1. The number of hydrogen-bond donors (Lipinski definition) is 0. The van der Waals surface area contributed by atoms with Crippen molar-refractivity contribution in [2.75, 3.05) is 26.2 Å². The molecule has 2 unspecified atom stereocenters. The van der Waals surface area contributed by atoms with Crippen molar-refractivity contribution >= 4 is 6.09 Å². The highest BCUT2D eigenvalue weighted by molar-refractivity contribution is 5.69. The van der Waals surface area contributed by atoms with Gasteiger partial charge >= 0.3 is 6.09 Å². The van der Waals surface area contributed by atoms with E-state index in [4.69, 9.17) is 9.47 Å². The highest BCUT2D eigenvalue weighted by Crippen LogP contribution is 2.32. The minimum atomic E-state index is -0.444. The molecule has 2 atom stereocenters. The average Bonchev–Trinajstić information content (AvgIpc) is 3.20. The van der Waals surface area contributed by atoms with Gasteiger partial charge in [-0.05, 0) is 75.8 Å². The molecule has 0 aromatic heterocycles. The van der Waals surface area contributed by atoms with E-state index < -0.39 is 5.60 Å². The van der Waals surface area contributed by atoms with Gasteiger partial charge in [-0.3, -0.25) is 0 Å². The molecule has 1 amide bonds. The summed E-state index contributed by atoms with van der Waals surface area (Å²) in [5, 5.41) is 0. The Balaban J connectivity index is 1.25. The van der Waals surface area contributed by atoms with Gasteiger partial charge in [-0.25, -0.2) is 4.79 Å². The third-order valence-electron chi connectivity index (χ3n) is 6.46. The lowest BCUT2D eigenvalue weighted by atomic mass is 9.92. The Bertz CT molecular complexity index is 876. The van der Waals surface area contributed by atoms with Gasteiger partial charge in [-0.15, -0.1) is 0 Å². The number of hydrogen-bond acceptors (Lipinski definition) is 4. The Labute approximate surface area is 192 Å². The zero-order chi connectivity index (χ0) is 22.6. The van der Waals surface area contributed by atoms with Crippen LogP contribution in [0.5, 0.6) is 5.75 Å². The number of benzene rings is 2. The van der Waals surface area contributed by atoms with Crippen LogP contribution in [0.25, 0.3) is 0 Å². The van der Waals surface area contributed by atoms with E-state index in [-0.39, 0.29) is 12.1 Å². The first-order valence-electron chi connectivity index (χ1n) is 11.8. The number of amides is 1. The van der Waals surface area contributed by atoms with Crippen molar-refractivity contribution in [3.8, 4) is 5.75 Å². The van der Waals surface area contributed by atoms with Crippen LogP contribution in [0.2, 0.25) is 0 Å². The molecule has 2 aliphatic heterocycles. The molecule has 4 rings (SSSR count). The number of nitrogens with zero attached hydrogens (tertiary/aromatic N) is 2. The number of fused-ring (bicyclic) bond motifs is 1. The summed E-state index contributed by atoms with van der Waals surface area (Å²) in [5.41, 5.74) is 2.04. The zero-order valence-electron chi connectivity index (χ0n) is 19.6. The Morgan fingerprint density at radius 1 is 0.969 bits per heavy atom. The summed E-state index contributed by atoms with van der Waals surface area (Å²) in [6.45, 7) is 10.3. The number of rotatable bonds is 6. The lowest BCUT2D eigenvalue weighted by Gasteiger charge is -2.38. The summed E-state index contributed by atoms with van der Waals surface area (Å²) in [7, 11) is 0. The van der Waals surface area contributed by atoms with Gasteiger partial charge < -0.3 is 19.3 Å². The molecule has 172 valence electrons. The van der Waals surface area contributed by atoms with Gasteiger partial charge in [0.25, 0.3) is 0 Å². The fourth-order valence-corrected chi connectivity index (χ4v) is 4.74. The lowest BCUT2D eigenvalue weighted by Crippen LogP contribution is -2.51. The second-order valence-corrected chi connectivity index (χ2v) is 10.0. The molecule has 2 saturated heterocycles. The molecule has 2 aromatic rings. The average molecular weight is 437 g/mol. The van der Waals surface area contributed by atoms with Crippen molar-refractivity contribution in [2.24, 2.45) is 5.92 Å². The van der Waals surface area contributed by atoms with Crippen LogP contribution in [0, 0.1) is 5.92 Å². The Kier molecular flexibility index (Phi) is 7.04. The first-order chi connectivity index (χ1) is 15.4. The quantitative estimate of drug-likeness (QED) is 0.629. The van der Waals surface area contributed by atoms with E-state index in [2.05, 4.69) is 41.3 Å². The third kappa shape index (κ3) is 6.04. The van der Waals surface area contributed by atoms with E-state index in [0.717, 1.165) is 51.2 Å². The van der Waals surface area contributed by atoms with Crippen LogP contribution in [0.4, 0.5) is 4.79 Å². The summed E-state index contributed by atoms with van der Waals surface area (Å²) in [6.07, 6.45) is 3.11. The summed E-state index contributed by atoms with van der Waals surface area (Å²) in [5.74, 6) is 1.51. The number of carbonyl (C=O) groups excluding carboxylic acids is 1. The summed E-state index contributed by atoms with van der Waals surface area (Å²) in [6, 6.07) is 19.0. The molecule has 5 nitrogen and oxygen atoms in total. The SMILES string of the molecule is CC(C)(C)OC(=O)N1CCC2CCN(CCc3ccc(OCc4ccccc4)cc3)CC21. The van der Waals surface area contributed by atoms with E-state index in [9.17, 15) is 4.79 Å². The molecular formula is C27H36N2O3. The van der Waals surface area contributed by atoms with Crippen molar-refractivity contribution in [1.29, 1.82) is 0 Å². The van der Waals surface area contributed by atoms with Crippen LogP contribution >= 0.6 is 0 Å². The van der Waals surface area contributed by atoms with E-state index >= 15 is 0 Å². The zero-order valence-corrected chi connectivity index (χ0v) is 19.6. The van der Waals surface area contributed by atoms with Crippen LogP contribution in [0.15, 0.2) is 54.6 Å². The molecule has 0 saturated carbocycles. The van der Waals surface area contributed by atoms with Gasteiger partial charge in [0.2, 0.25) is 0 Å². The fourth-order valence-electron chi connectivity index (χ4n) is 4.74. The predicted octanol–water partition coefficient (Wildman–Crippen LogP) is 5.14. The Hall–Kier alpha value is -2.53. The summed E-state index contributed by atoms with van der Waals surface area (Å²) >= 11 is 0. The van der Waals surface area contributed by atoms with Crippen LogP contribution in [-0.2, 0) is 17.8 Å². The minimum Gasteiger partial charge on any atom is -0.489 e. The topological polar surface area (TPSA) is 42.0 Å². The van der Waals surface area contributed by atoms with Crippen LogP contribution in [0.3, 0.4) is 0 Å². The van der Waals surface area contributed by atoms with Gasteiger partial charge in [0, 0.05) is 19.6 Å². The highest BCUT2D eigenvalue weighted by atomic mass is 16.6. The maximum Gasteiger partial charge on any atom is 0.410 e. The maximum atomic E-state index is 12.7. The van der Waals surface area contributed by atoms with E-state index in [1.807, 2.05) is 43.9 Å². The second kappa shape index (κ2) is 9.95. The van der Waals surface area contributed by atoms with Gasteiger partial charge in [0.1, 0.15) is 18.0 Å². The molecule has 0 aliphatic carbocycles. The first kappa shape index (κ1) is 22.7. The van der Waals surface area contributed by atoms with E-state index in [1.165, 1.54) is 11.1 Å². The Morgan fingerprint density at radius 3 is 2.41 bits per heavy atom.